The number of alkyl halides is 3. The second-order valence-corrected chi connectivity index (χ2v) is 14.6. The number of nitrogens with zero attached hydrogens (tertiary/aromatic N) is 2. The number of amides is 2. The van der Waals surface area contributed by atoms with Gasteiger partial charge in [0.05, 0.1) is 11.1 Å². The Balaban J connectivity index is 1.23. The number of carbonyl (C=O) groups is 3. The normalized spacial score (nSPS) is 15.8. The van der Waals surface area contributed by atoms with Crippen LogP contribution in [0.1, 0.15) is 56.4 Å². The molecule has 11 heteroatoms. The first kappa shape index (κ1) is 38.2. The van der Waals surface area contributed by atoms with Gasteiger partial charge < -0.3 is 14.0 Å². The van der Waals surface area contributed by atoms with Crippen molar-refractivity contribution in [3.05, 3.63) is 207 Å². The van der Waals surface area contributed by atoms with Crippen molar-refractivity contribution in [3.63, 3.8) is 0 Å². The van der Waals surface area contributed by atoms with Crippen LogP contribution in [0.4, 0.5) is 18.0 Å². The first-order chi connectivity index (χ1) is 27.8. The Kier molecular flexibility index (Phi) is 9.69. The maximum Gasteiger partial charge on any atom is 0.573 e. The molecule has 6 aromatic carbocycles. The summed E-state index contributed by atoms with van der Waals surface area (Å²) in [6.45, 7) is 3.34. The predicted molar refractivity (Wildman–Crippen MR) is 214 cm³/mol. The number of hydrogen-bond donors (Lipinski definition) is 0. The van der Waals surface area contributed by atoms with E-state index in [4.69, 9.17) is 16.3 Å². The molecule has 1 aromatic heterocycles. The third-order valence-corrected chi connectivity index (χ3v) is 10.9. The van der Waals surface area contributed by atoms with E-state index in [0.29, 0.717) is 60.6 Å². The van der Waals surface area contributed by atoms with Gasteiger partial charge in [-0.05, 0) is 78.6 Å². The zero-order valence-corrected chi connectivity index (χ0v) is 31.9. The number of benzene rings is 6. The van der Waals surface area contributed by atoms with Crippen LogP contribution in [-0.4, -0.2) is 33.6 Å². The average Bonchev–Trinajstić information content (AvgIpc) is 3.62. The Bertz CT molecular complexity index is 2590. The summed E-state index contributed by atoms with van der Waals surface area (Å²) in [6, 6.07) is 45.1. The van der Waals surface area contributed by atoms with Gasteiger partial charge in [-0.15, -0.1) is 13.2 Å². The summed E-state index contributed by atoms with van der Waals surface area (Å²) in [5.74, 6) is -1.39. The quantitative estimate of drug-likeness (QED) is 0.102. The third-order valence-electron chi connectivity index (χ3n) is 10.7. The van der Waals surface area contributed by atoms with Gasteiger partial charge >= 0.3 is 12.5 Å². The summed E-state index contributed by atoms with van der Waals surface area (Å²) in [5, 5.41) is 0.864. The Labute approximate surface area is 336 Å². The number of aromatic nitrogens is 1. The molecule has 58 heavy (non-hydrogen) atoms. The van der Waals surface area contributed by atoms with Crippen LogP contribution < -0.4 is 4.74 Å². The minimum Gasteiger partial charge on any atom is -0.428 e. The van der Waals surface area contributed by atoms with Crippen LogP contribution in [-0.2, 0) is 27.2 Å². The zero-order valence-electron chi connectivity index (χ0n) is 31.2. The molecule has 2 amide bonds. The van der Waals surface area contributed by atoms with Crippen LogP contribution >= 0.6 is 11.6 Å². The Morgan fingerprint density at radius 3 is 1.86 bits per heavy atom. The van der Waals surface area contributed by atoms with Crippen LogP contribution in [0.15, 0.2) is 158 Å². The van der Waals surface area contributed by atoms with Gasteiger partial charge in [0.2, 0.25) is 5.60 Å². The summed E-state index contributed by atoms with van der Waals surface area (Å²) >= 11 is 6.08. The fourth-order valence-corrected chi connectivity index (χ4v) is 8.12. The van der Waals surface area contributed by atoms with E-state index in [9.17, 15) is 22.8 Å². The number of ether oxygens (including phenoxy) is 2. The monoisotopic (exact) mass is 798 g/mol. The van der Waals surface area contributed by atoms with Crippen LogP contribution in [0.2, 0.25) is 5.02 Å². The highest BCUT2D eigenvalue weighted by molar-refractivity contribution is 6.30. The van der Waals surface area contributed by atoms with E-state index in [0.717, 1.165) is 0 Å². The maximum atomic E-state index is 15.1. The largest absolute Gasteiger partial charge is 0.573 e. The molecule has 1 aliphatic heterocycles. The van der Waals surface area contributed by atoms with Crippen molar-refractivity contribution in [2.24, 2.45) is 0 Å². The molecule has 1 atom stereocenters. The summed E-state index contributed by atoms with van der Waals surface area (Å²) in [5.41, 5.74) is 1.26. The number of imide groups is 1. The van der Waals surface area contributed by atoms with Gasteiger partial charge in [-0.2, -0.15) is 0 Å². The summed E-state index contributed by atoms with van der Waals surface area (Å²) in [7, 11) is 0. The number of rotatable bonds is 10. The number of halogens is 4. The van der Waals surface area contributed by atoms with Crippen molar-refractivity contribution in [1.29, 1.82) is 0 Å². The lowest BCUT2D eigenvalue weighted by molar-refractivity contribution is -0.274. The van der Waals surface area contributed by atoms with Crippen molar-refractivity contribution in [1.82, 2.24) is 9.47 Å². The minimum atomic E-state index is -4.94. The van der Waals surface area contributed by atoms with Crippen molar-refractivity contribution in [3.8, 4) is 5.75 Å². The second-order valence-electron chi connectivity index (χ2n) is 14.2. The second kappa shape index (κ2) is 14.7. The molecular weight excluding hydrogens is 765 g/mol. The van der Waals surface area contributed by atoms with Gasteiger partial charge in [0.1, 0.15) is 11.3 Å². The van der Waals surface area contributed by atoms with E-state index in [1.807, 2.05) is 91.0 Å². The first-order valence-electron chi connectivity index (χ1n) is 18.3. The molecule has 0 aliphatic carbocycles. The Morgan fingerprint density at radius 2 is 1.31 bits per heavy atom. The highest BCUT2D eigenvalue weighted by Gasteiger charge is 2.60. The van der Waals surface area contributed by atoms with E-state index in [2.05, 4.69) is 4.74 Å². The van der Waals surface area contributed by atoms with Crippen molar-refractivity contribution < 1.29 is 37.0 Å². The van der Waals surface area contributed by atoms with Gasteiger partial charge in [-0.25, -0.2) is 9.69 Å². The standard InChI is InChI=1S/C47H34ClF3N2O5/c1-30-41(42(54)32-21-23-37(48)24-22-32)39-26-25-38(57-47(49,50)51)28-40(39)52(30)29-31-13-12-20-36(27-31)45(2)43(55)53(44(56)58-45)46(33-14-6-3-7-15-33,34-16-8-4-9-17-34)35-18-10-5-11-19-35/h3-28H,29H2,1-2H3/t45-/m1/s1. The lowest BCUT2D eigenvalue weighted by Gasteiger charge is -2.41. The van der Waals surface area contributed by atoms with Gasteiger partial charge in [-0.3, -0.25) is 9.59 Å². The van der Waals surface area contributed by atoms with E-state index >= 15 is 4.79 Å². The highest BCUT2D eigenvalue weighted by Crippen LogP contribution is 2.48. The van der Waals surface area contributed by atoms with Gasteiger partial charge in [0, 0.05) is 39.8 Å². The van der Waals surface area contributed by atoms with Gasteiger partial charge in [0.15, 0.2) is 5.78 Å². The molecule has 0 bridgehead atoms. The molecule has 8 rings (SSSR count). The van der Waals surface area contributed by atoms with Crippen LogP contribution in [0, 0.1) is 6.92 Å². The molecule has 290 valence electrons. The smallest absolute Gasteiger partial charge is 0.428 e. The van der Waals surface area contributed by atoms with Crippen molar-refractivity contribution in [2.75, 3.05) is 0 Å². The van der Waals surface area contributed by atoms with E-state index in [-0.39, 0.29) is 12.3 Å². The van der Waals surface area contributed by atoms with Crippen LogP contribution in [0.3, 0.4) is 0 Å². The van der Waals surface area contributed by atoms with Gasteiger partial charge in [0.25, 0.3) is 5.91 Å². The first-order valence-corrected chi connectivity index (χ1v) is 18.7. The Morgan fingerprint density at radius 1 is 0.741 bits per heavy atom. The summed E-state index contributed by atoms with van der Waals surface area (Å²) < 4.78 is 52.3. The minimum absolute atomic E-state index is 0.0729. The third kappa shape index (κ3) is 6.59. The highest BCUT2D eigenvalue weighted by atomic mass is 35.5. The molecule has 1 saturated heterocycles. The van der Waals surface area contributed by atoms with E-state index < -0.39 is 35.3 Å². The number of ketones is 1. The van der Waals surface area contributed by atoms with Crippen LogP contribution in [0.25, 0.3) is 10.9 Å². The predicted octanol–water partition coefficient (Wildman–Crippen LogP) is 11.0. The maximum absolute atomic E-state index is 15.1. The molecule has 7 aromatic rings. The van der Waals surface area contributed by atoms with E-state index in [1.165, 1.54) is 23.1 Å². The van der Waals surface area contributed by atoms with E-state index in [1.54, 1.807) is 66.9 Å². The molecule has 7 nitrogen and oxygen atoms in total. The van der Waals surface area contributed by atoms with Crippen LogP contribution in [0.5, 0.6) is 5.75 Å². The summed E-state index contributed by atoms with van der Waals surface area (Å²) in [6.07, 6.45) is -5.78. The number of cyclic esters (lactones) is 1. The zero-order chi connectivity index (χ0) is 40.8. The topological polar surface area (TPSA) is 77.8 Å². The molecule has 1 fully saturated rings. The lowest BCUT2D eigenvalue weighted by atomic mass is 9.75. The Hall–Kier alpha value is -6.65. The van der Waals surface area contributed by atoms with Gasteiger partial charge in [-0.1, -0.05) is 121 Å². The SMILES string of the molecule is Cc1c(C(=O)c2ccc(Cl)cc2)c2ccc(OC(F)(F)F)cc2n1Cc1cccc([C@@]2(C)OC(=O)N(C(c3ccccc3)(c3ccccc3)c3ccccc3)C2=O)c1. The molecule has 0 saturated carbocycles. The summed E-state index contributed by atoms with van der Waals surface area (Å²) in [4.78, 5) is 44.7. The molecule has 0 spiro atoms. The van der Waals surface area contributed by atoms with Crippen molar-refractivity contribution in [2.45, 2.75) is 37.9 Å². The molecule has 0 unspecified atom stereocenters. The average molecular weight is 799 g/mol. The van der Waals surface area contributed by atoms with Crippen molar-refractivity contribution >= 4 is 40.3 Å². The number of fused-ring (bicyclic) bond motifs is 1. The molecule has 0 radical (unpaired) electrons. The molecule has 2 heterocycles. The molecular formula is C47H34ClF3N2O5. The number of carbonyl (C=O) groups excluding carboxylic acids is 3. The number of hydrogen-bond acceptors (Lipinski definition) is 5. The molecule has 1 aliphatic rings. The molecule has 0 N–H and O–H groups in total. The fraction of sp³-hybridized carbons (Fsp3) is 0.128. The fourth-order valence-electron chi connectivity index (χ4n) is 8.00. The lowest BCUT2D eigenvalue weighted by Crippen LogP contribution is -2.52.